The SMILES string of the molecule is O=c1[nH]cnc(N2CCN(c3ccccn3)CC2)c1I. The number of piperazine rings is 1. The summed E-state index contributed by atoms with van der Waals surface area (Å²) >= 11 is 2.05. The Kier molecular flexibility index (Phi) is 3.86. The van der Waals surface area contributed by atoms with Crippen LogP contribution in [0.1, 0.15) is 0 Å². The van der Waals surface area contributed by atoms with Gasteiger partial charge in [-0.3, -0.25) is 4.79 Å². The first kappa shape index (κ1) is 13.3. The van der Waals surface area contributed by atoms with Gasteiger partial charge in [-0.1, -0.05) is 6.07 Å². The lowest BCUT2D eigenvalue weighted by Crippen LogP contribution is -2.47. The molecule has 0 spiro atoms. The Labute approximate surface area is 130 Å². The van der Waals surface area contributed by atoms with Crippen molar-refractivity contribution in [2.24, 2.45) is 0 Å². The first-order valence-electron chi connectivity index (χ1n) is 6.40. The van der Waals surface area contributed by atoms with Crippen LogP contribution in [0.25, 0.3) is 0 Å². The van der Waals surface area contributed by atoms with Crippen LogP contribution in [0.4, 0.5) is 11.6 Å². The molecule has 0 saturated carbocycles. The molecule has 0 amide bonds. The average Bonchev–Trinajstić information content (AvgIpc) is 2.51. The Morgan fingerprint density at radius 3 is 2.55 bits per heavy atom. The van der Waals surface area contributed by atoms with Gasteiger partial charge in [-0.25, -0.2) is 9.97 Å². The van der Waals surface area contributed by atoms with Gasteiger partial charge in [0.05, 0.1) is 6.33 Å². The summed E-state index contributed by atoms with van der Waals surface area (Å²) in [5.41, 5.74) is -0.0808. The van der Waals surface area contributed by atoms with Crippen LogP contribution in [0.15, 0.2) is 35.5 Å². The largest absolute Gasteiger partial charge is 0.353 e. The van der Waals surface area contributed by atoms with Crippen LogP contribution in [-0.4, -0.2) is 41.1 Å². The lowest BCUT2D eigenvalue weighted by atomic mass is 10.3. The molecule has 0 aromatic carbocycles. The minimum absolute atomic E-state index is 0.0808. The predicted molar refractivity (Wildman–Crippen MR) is 86.2 cm³/mol. The zero-order valence-corrected chi connectivity index (χ0v) is 12.9. The number of aromatic nitrogens is 3. The molecule has 0 atom stereocenters. The molecule has 1 fully saturated rings. The maximum absolute atomic E-state index is 11.6. The third kappa shape index (κ3) is 2.62. The van der Waals surface area contributed by atoms with Crippen LogP contribution in [0, 0.1) is 3.57 Å². The molecule has 1 N–H and O–H groups in total. The summed E-state index contributed by atoms with van der Waals surface area (Å²) in [5, 5.41) is 0. The zero-order valence-electron chi connectivity index (χ0n) is 10.8. The molecule has 0 radical (unpaired) electrons. The van der Waals surface area contributed by atoms with Gasteiger partial charge < -0.3 is 14.8 Å². The van der Waals surface area contributed by atoms with Crippen molar-refractivity contribution in [3.63, 3.8) is 0 Å². The number of nitrogens with one attached hydrogen (secondary N) is 1. The third-order valence-electron chi connectivity index (χ3n) is 3.33. The van der Waals surface area contributed by atoms with Gasteiger partial charge in [-0.05, 0) is 34.7 Å². The quantitative estimate of drug-likeness (QED) is 0.787. The van der Waals surface area contributed by atoms with Crippen LogP contribution in [-0.2, 0) is 0 Å². The average molecular weight is 383 g/mol. The molecule has 104 valence electrons. The molecule has 7 heteroatoms. The van der Waals surface area contributed by atoms with Gasteiger partial charge in [0.2, 0.25) is 0 Å². The standard InChI is InChI=1S/C13H14IN5O/c14-11-12(16-9-17-13(11)20)19-7-5-18(6-8-19)10-3-1-2-4-15-10/h1-4,9H,5-8H2,(H,16,17,20). The molecular weight excluding hydrogens is 369 g/mol. The van der Waals surface area contributed by atoms with Gasteiger partial charge in [-0.2, -0.15) is 0 Å². The van der Waals surface area contributed by atoms with Gasteiger partial charge in [0.25, 0.3) is 5.56 Å². The molecular formula is C13H14IN5O. The highest BCUT2D eigenvalue weighted by Gasteiger charge is 2.21. The summed E-state index contributed by atoms with van der Waals surface area (Å²) in [7, 11) is 0. The van der Waals surface area contributed by atoms with Crippen molar-refractivity contribution in [1.29, 1.82) is 0 Å². The van der Waals surface area contributed by atoms with E-state index in [0.717, 1.165) is 37.8 Å². The van der Waals surface area contributed by atoms with Crippen LogP contribution in [0.3, 0.4) is 0 Å². The minimum atomic E-state index is -0.0808. The van der Waals surface area contributed by atoms with Gasteiger partial charge >= 0.3 is 0 Å². The highest BCUT2D eigenvalue weighted by Crippen LogP contribution is 2.19. The van der Waals surface area contributed by atoms with Gasteiger partial charge in [0.1, 0.15) is 15.2 Å². The zero-order chi connectivity index (χ0) is 13.9. The van der Waals surface area contributed by atoms with E-state index in [4.69, 9.17) is 0 Å². The van der Waals surface area contributed by atoms with E-state index < -0.39 is 0 Å². The van der Waals surface area contributed by atoms with Crippen molar-refractivity contribution in [2.45, 2.75) is 0 Å². The number of nitrogens with zero attached hydrogens (tertiary/aromatic N) is 4. The lowest BCUT2D eigenvalue weighted by molar-refractivity contribution is 0.639. The number of rotatable bonds is 2. The van der Waals surface area contributed by atoms with E-state index in [1.165, 1.54) is 6.33 Å². The van der Waals surface area contributed by atoms with Crippen molar-refractivity contribution < 1.29 is 0 Å². The smallest absolute Gasteiger partial charge is 0.266 e. The van der Waals surface area contributed by atoms with E-state index in [-0.39, 0.29) is 5.56 Å². The predicted octanol–water partition coefficient (Wildman–Crippen LogP) is 1.10. The molecule has 3 rings (SSSR count). The molecule has 0 bridgehead atoms. The molecule has 2 aromatic heterocycles. The maximum Gasteiger partial charge on any atom is 0.266 e. The monoisotopic (exact) mass is 383 g/mol. The minimum Gasteiger partial charge on any atom is -0.353 e. The summed E-state index contributed by atoms with van der Waals surface area (Å²) in [6.07, 6.45) is 3.27. The fourth-order valence-electron chi connectivity index (χ4n) is 2.28. The molecule has 2 aromatic rings. The molecule has 6 nitrogen and oxygen atoms in total. The first-order valence-corrected chi connectivity index (χ1v) is 7.47. The fourth-order valence-corrected chi connectivity index (χ4v) is 2.92. The van der Waals surface area contributed by atoms with Crippen LogP contribution >= 0.6 is 22.6 Å². The lowest BCUT2D eigenvalue weighted by Gasteiger charge is -2.36. The molecule has 1 aliphatic rings. The van der Waals surface area contributed by atoms with Gasteiger partial charge in [0.15, 0.2) is 0 Å². The summed E-state index contributed by atoms with van der Waals surface area (Å²) in [4.78, 5) is 27.3. The molecule has 1 saturated heterocycles. The summed E-state index contributed by atoms with van der Waals surface area (Å²) < 4.78 is 0.649. The van der Waals surface area contributed by atoms with Gasteiger partial charge in [0, 0.05) is 32.4 Å². The number of aromatic amines is 1. The Hall–Kier alpha value is -1.64. The van der Waals surface area contributed by atoms with Crippen LogP contribution < -0.4 is 15.4 Å². The normalized spacial score (nSPS) is 15.4. The number of hydrogen-bond donors (Lipinski definition) is 1. The van der Waals surface area contributed by atoms with E-state index in [2.05, 4.69) is 47.3 Å². The Bertz CT molecular complexity index is 637. The maximum atomic E-state index is 11.6. The number of anilines is 2. The summed E-state index contributed by atoms with van der Waals surface area (Å²) in [5.74, 6) is 1.77. The van der Waals surface area contributed by atoms with Crippen molar-refractivity contribution in [1.82, 2.24) is 15.0 Å². The van der Waals surface area contributed by atoms with Gasteiger partial charge in [-0.15, -0.1) is 0 Å². The van der Waals surface area contributed by atoms with E-state index in [1.54, 1.807) is 0 Å². The third-order valence-corrected chi connectivity index (χ3v) is 4.30. The van der Waals surface area contributed by atoms with E-state index in [1.807, 2.05) is 24.4 Å². The molecule has 3 heterocycles. The fraction of sp³-hybridized carbons (Fsp3) is 0.308. The highest BCUT2D eigenvalue weighted by atomic mass is 127. The number of H-pyrrole nitrogens is 1. The summed E-state index contributed by atoms with van der Waals surface area (Å²) in [6, 6.07) is 5.93. The van der Waals surface area contributed by atoms with E-state index in [9.17, 15) is 4.79 Å². The number of hydrogen-bond acceptors (Lipinski definition) is 5. The molecule has 0 unspecified atom stereocenters. The van der Waals surface area contributed by atoms with Crippen molar-refractivity contribution in [3.8, 4) is 0 Å². The number of pyridine rings is 1. The highest BCUT2D eigenvalue weighted by molar-refractivity contribution is 14.1. The Morgan fingerprint density at radius 1 is 1.10 bits per heavy atom. The Balaban J connectivity index is 1.73. The molecule has 1 aliphatic heterocycles. The Morgan fingerprint density at radius 2 is 1.85 bits per heavy atom. The second-order valence-electron chi connectivity index (χ2n) is 4.53. The second-order valence-corrected chi connectivity index (χ2v) is 5.61. The first-order chi connectivity index (χ1) is 9.75. The van der Waals surface area contributed by atoms with Crippen molar-refractivity contribution >= 4 is 34.2 Å². The van der Waals surface area contributed by atoms with Crippen LogP contribution in [0.5, 0.6) is 0 Å². The van der Waals surface area contributed by atoms with E-state index >= 15 is 0 Å². The van der Waals surface area contributed by atoms with Crippen molar-refractivity contribution in [3.05, 3.63) is 44.6 Å². The second kappa shape index (κ2) is 5.78. The number of halogens is 1. The summed E-state index contributed by atoms with van der Waals surface area (Å²) in [6.45, 7) is 3.43. The van der Waals surface area contributed by atoms with Crippen LogP contribution in [0.2, 0.25) is 0 Å². The molecule has 0 aliphatic carbocycles. The van der Waals surface area contributed by atoms with E-state index in [0.29, 0.717) is 3.57 Å². The topological polar surface area (TPSA) is 65.1 Å². The van der Waals surface area contributed by atoms with Crippen molar-refractivity contribution in [2.75, 3.05) is 36.0 Å². The molecule has 20 heavy (non-hydrogen) atoms.